The SMILES string of the molecule is CNc1cnccc1-c1nc2cc(C)ccc2o1. The molecule has 0 spiro atoms. The molecule has 4 nitrogen and oxygen atoms in total. The lowest BCUT2D eigenvalue weighted by molar-refractivity contribution is 0.620. The number of pyridine rings is 1. The number of aryl methyl sites for hydroxylation is 1. The zero-order chi connectivity index (χ0) is 12.5. The van der Waals surface area contributed by atoms with Crippen LogP contribution in [-0.2, 0) is 0 Å². The zero-order valence-corrected chi connectivity index (χ0v) is 10.3. The summed E-state index contributed by atoms with van der Waals surface area (Å²) in [6.07, 6.45) is 3.49. The molecule has 1 aromatic carbocycles. The van der Waals surface area contributed by atoms with E-state index in [2.05, 4.69) is 15.3 Å². The molecule has 2 heterocycles. The van der Waals surface area contributed by atoms with Crippen LogP contribution in [0.1, 0.15) is 5.56 Å². The average Bonchev–Trinajstić information content (AvgIpc) is 2.81. The van der Waals surface area contributed by atoms with Crippen molar-refractivity contribution < 1.29 is 4.42 Å². The van der Waals surface area contributed by atoms with Crippen molar-refractivity contribution >= 4 is 16.8 Å². The van der Waals surface area contributed by atoms with Crippen molar-refractivity contribution in [2.24, 2.45) is 0 Å². The molecule has 0 amide bonds. The van der Waals surface area contributed by atoms with Crippen molar-refractivity contribution in [3.8, 4) is 11.5 Å². The Kier molecular flexibility index (Phi) is 2.48. The summed E-state index contributed by atoms with van der Waals surface area (Å²) in [5.74, 6) is 0.613. The average molecular weight is 239 g/mol. The Hall–Kier alpha value is -2.36. The lowest BCUT2D eigenvalue weighted by Gasteiger charge is -2.03. The highest BCUT2D eigenvalue weighted by Crippen LogP contribution is 2.29. The Bertz CT molecular complexity index is 703. The van der Waals surface area contributed by atoms with Gasteiger partial charge in [-0.3, -0.25) is 4.98 Å². The van der Waals surface area contributed by atoms with Crippen LogP contribution in [0.4, 0.5) is 5.69 Å². The first-order chi connectivity index (χ1) is 8.78. The molecule has 0 atom stereocenters. The van der Waals surface area contributed by atoms with E-state index in [-0.39, 0.29) is 0 Å². The summed E-state index contributed by atoms with van der Waals surface area (Å²) in [6.45, 7) is 2.04. The maximum absolute atomic E-state index is 5.77. The lowest BCUT2D eigenvalue weighted by atomic mass is 10.2. The molecule has 3 rings (SSSR count). The number of oxazole rings is 1. The molecule has 0 radical (unpaired) electrons. The number of nitrogens with one attached hydrogen (secondary N) is 1. The second-order valence-corrected chi connectivity index (χ2v) is 4.16. The monoisotopic (exact) mass is 239 g/mol. The first-order valence-corrected chi connectivity index (χ1v) is 5.77. The van der Waals surface area contributed by atoms with Gasteiger partial charge in [-0.2, -0.15) is 0 Å². The van der Waals surface area contributed by atoms with Crippen LogP contribution in [0.3, 0.4) is 0 Å². The molecule has 0 fully saturated rings. The van der Waals surface area contributed by atoms with Gasteiger partial charge in [0, 0.05) is 13.2 Å². The van der Waals surface area contributed by atoms with Crippen molar-refractivity contribution in [2.75, 3.05) is 12.4 Å². The molecular weight excluding hydrogens is 226 g/mol. The van der Waals surface area contributed by atoms with Gasteiger partial charge in [0.2, 0.25) is 5.89 Å². The topological polar surface area (TPSA) is 51.0 Å². The Morgan fingerprint density at radius 3 is 2.94 bits per heavy atom. The summed E-state index contributed by atoms with van der Waals surface area (Å²) in [5, 5.41) is 3.09. The van der Waals surface area contributed by atoms with E-state index in [1.165, 1.54) is 5.56 Å². The van der Waals surface area contributed by atoms with Crippen LogP contribution in [0, 0.1) is 6.92 Å². The van der Waals surface area contributed by atoms with E-state index in [1.807, 2.05) is 38.2 Å². The Balaban J connectivity index is 2.19. The zero-order valence-electron chi connectivity index (χ0n) is 10.3. The molecule has 3 aromatic rings. The normalized spacial score (nSPS) is 10.8. The molecule has 0 saturated heterocycles. The number of rotatable bonds is 2. The fourth-order valence-corrected chi connectivity index (χ4v) is 1.93. The van der Waals surface area contributed by atoms with Crippen LogP contribution in [-0.4, -0.2) is 17.0 Å². The molecule has 4 heteroatoms. The molecule has 0 unspecified atom stereocenters. The standard InChI is InChI=1S/C14H13N3O/c1-9-3-4-13-11(7-9)17-14(18-13)10-5-6-16-8-12(10)15-2/h3-8,15H,1-2H3. The van der Waals surface area contributed by atoms with Crippen molar-refractivity contribution in [2.45, 2.75) is 6.92 Å². The maximum atomic E-state index is 5.77. The molecule has 2 aromatic heterocycles. The van der Waals surface area contributed by atoms with E-state index in [4.69, 9.17) is 4.42 Å². The van der Waals surface area contributed by atoms with Crippen LogP contribution in [0.25, 0.3) is 22.6 Å². The van der Waals surface area contributed by atoms with Gasteiger partial charge in [-0.1, -0.05) is 6.07 Å². The largest absolute Gasteiger partial charge is 0.436 e. The fraction of sp³-hybridized carbons (Fsp3) is 0.143. The molecule has 0 aliphatic carbocycles. The number of hydrogen-bond donors (Lipinski definition) is 1. The molecule has 0 bridgehead atoms. The van der Waals surface area contributed by atoms with Gasteiger partial charge in [-0.15, -0.1) is 0 Å². The van der Waals surface area contributed by atoms with E-state index >= 15 is 0 Å². The smallest absolute Gasteiger partial charge is 0.229 e. The van der Waals surface area contributed by atoms with Crippen LogP contribution in [0.5, 0.6) is 0 Å². The van der Waals surface area contributed by atoms with Crippen molar-refractivity contribution in [3.63, 3.8) is 0 Å². The molecule has 18 heavy (non-hydrogen) atoms. The third-order valence-electron chi connectivity index (χ3n) is 2.86. The minimum atomic E-state index is 0.613. The highest BCUT2D eigenvalue weighted by Gasteiger charge is 2.11. The van der Waals surface area contributed by atoms with Gasteiger partial charge in [-0.25, -0.2) is 4.98 Å². The van der Waals surface area contributed by atoms with Gasteiger partial charge < -0.3 is 9.73 Å². The van der Waals surface area contributed by atoms with Crippen molar-refractivity contribution in [3.05, 3.63) is 42.2 Å². The summed E-state index contributed by atoms with van der Waals surface area (Å²) in [6, 6.07) is 7.87. The molecule has 90 valence electrons. The Morgan fingerprint density at radius 1 is 1.22 bits per heavy atom. The van der Waals surface area contributed by atoms with Crippen molar-refractivity contribution in [1.29, 1.82) is 0 Å². The first-order valence-electron chi connectivity index (χ1n) is 5.77. The van der Waals surface area contributed by atoms with Crippen molar-refractivity contribution in [1.82, 2.24) is 9.97 Å². The third kappa shape index (κ3) is 1.72. The number of fused-ring (bicyclic) bond motifs is 1. The Morgan fingerprint density at radius 2 is 2.11 bits per heavy atom. The predicted molar refractivity (Wildman–Crippen MR) is 71.5 cm³/mol. The second-order valence-electron chi connectivity index (χ2n) is 4.16. The maximum Gasteiger partial charge on any atom is 0.229 e. The highest BCUT2D eigenvalue weighted by molar-refractivity contribution is 5.80. The number of nitrogens with zero attached hydrogens (tertiary/aromatic N) is 2. The van der Waals surface area contributed by atoms with Gasteiger partial charge in [0.15, 0.2) is 5.58 Å². The van der Waals surface area contributed by atoms with Crippen LogP contribution in [0.2, 0.25) is 0 Å². The highest BCUT2D eigenvalue weighted by atomic mass is 16.3. The molecule has 1 N–H and O–H groups in total. The number of aromatic nitrogens is 2. The summed E-state index contributed by atoms with van der Waals surface area (Å²) >= 11 is 0. The molecule has 0 aliphatic rings. The summed E-state index contributed by atoms with van der Waals surface area (Å²) in [7, 11) is 1.85. The summed E-state index contributed by atoms with van der Waals surface area (Å²) in [4.78, 5) is 8.60. The second kappa shape index (κ2) is 4.14. The van der Waals surface area contributed by atoms with Crippen LogP contribution in [0.15, 0.2) is 41.1 Å². The van der Waals surface area contributed by atoms with Gasteiger partial charge in [0.05, 0.1) is 17.4 Å². The van der Waals surface area contributed by atoms with Gasteiger partial charge in [0.25, 0.3) is 0 Å². The summed E-state index contributed by atoms with van der Waals surface area (Å²) in [5.41, 5.74) is 4.67. The minimum absolute atomic E-state index is 0.613. The lowest BCUT2D eigenvalue weighted by Crippen LogP contribution is -1.92. The van der Waals surface area contributed by atoms with E-state index in [0.29, 0.717) is 5.89 Å². The number of anilines is 1. The predicted octanol–water partition coefficient (Wildman–Crippen LogP) is 3.24. The third-order valence-corrected chi connectivity index (χ3v) is 2.86. The van der Waals surface area contributed by atoms with E-state index in [1.54, 1.807) is 12.4 Å². The quantitative estimate of drug-likeness (QED) is 0.745. The summed E-state index contributed by atoms with van der Waals surface area (Å²) < 4.78 is 5.77. The molecule has 0 saturated carbocycles. The van der Waals surface area contributed by atoms with E-state index in [0.717, 1.165) is 22.4 Å². The fourth-order valence-electron chi connectivity index (χ4n) is 1.93. The van der Waals surface area contributed by atoms with Gasteiger partial charge >= 0.3 is 0 Å². The minimum Gasteiger partial charge on any atom is -0.436 e. The molecular formula is C14H13N3O. The van der Waals surface area contributed by atoms with Gasteiger partial charge in [0.1, 0.15) is 5.52 Å². The number of hydrogen-bond acceptors (Lipinski definition) is 4. The van der Waals surface area contributed by atoms with E-state index in [9.17, 15) is 0 Å². The number of benzene rings is 1. The Labute approximate surface area is 105 Å². The van der Waals surface area contributed by atoms with Crippen LogP contribution >= 0.6 is 0 Å². The van der Waals surface area contributed by atoms with Crippen LogP contribution < -0.4 is 5.32 Å². The van der Waals surface area contributed by atoms with E-state index < -0.39 is 0 Å². The molecule has 0 aliphatic heterocycles. The van der Waals surface area contributed by atoms with Gasteiger partial charge in [-0.05, 0) is 30.7 Å². The first kappa shape index (κ1) is 10.8.